The van der Waals surface area contributed by atoms with E-state index in [9.17, 15) is 19.5 Å². The van der Waals surface area contributed by atoms with Crippen LogP contribution >= 0.6 is 0 Å². The summed E-state index contributed by atoms with van der Waals surface area (Å²) in [5.74, 6) is -2.17. The van der Waals surface area contributed by atoms with Crippen molar-refractivity contribution < 1.29 is 24.2 Å². The van der Waals surface area contributed by atoms with Gasteiger partial charge in [-0.1, -0.05) is 63.6 Å². The minimum absolute atomic E-state index is 0.0501. The van der Waals surface area contributed by atoms with Crippen LogP contribution in [-0.4, -0.2) is 51.4 Å². The van der Waals surface area contributed by atoms with Crippen molar-refractivity contribution in [2.24, 2.45) is 29.1 Å². The van der Waals surface area contributed by atoms with Crippen molar-refractivity contribution in [2.45, 2.75) is 77.2 Å². The molecule has 216 valence electrons. The number of hydrogen-bond donors (Lipinski definition) is 3. The number of allylic oxidation sites excluding steroid dienone is 3. The standard InChI is InChI=1S/C34H40N2O5/c1-6-23-28-29(20(4)22-17-35-25-13-8-7-11-21(22)25)36-32(40)34(28)24(31-33(23,5)41-31)12-9-10-18(2)16-19(3)30(39)26(37)14-15-27(34)38/h7-9,11-18,20,23-24,28-31,35,39H,6,10H2,1-5H3,(H,36,40)/b12-9+,15-14-,19-16-/t18-,20-,23-,24-,28?,29-,30+,31-,33+,34-/m0/s1. The molecule has 2 aliphatic carbocycles. The van der Waals surface area contributed by atoms with Crippen molar-refractivity contribution in [2.75, 3.05) is 0 Å². The molecule has 1 unspecified atom stereocenters. The summed E-state index contributed by atoms with van der Waals surface area (Å²) in [4.78, 5) is 45.2. The number of epoxide rings is 1. The Balaban J connectivity index is 1.51. The predicted molar refractivity (Wildman–Crippen MR) is 157 cm³/mol. The highest BCUT2D eigenvalue weighted by molar-refractivity contribution is 6.15. The molecule has 2 saturated heterocycles. The number of ketones is 2. The summed E-state index contributed by atoms with van der Waals surface area (Å²) >= 11 is 0. The van der Waals surface area contributed by atoms with Gasteiger partial charge in [0.1, 0.15) is 11.5 Å². The van der Waals surface area contributed by atoms with Gasteiger partial charge < -0.3 is 20.1 Å². The van der Waals surface area contributed by atoms with Crippen molar-refractivity contribution in [1.82, 2.24) is 10.3 Å². The van der Waals surface area contributed by atoms with Crippen LogP contribution in [0.3, 0.4) is 0 Å². The monoisotopic (exact) mass is 556 g/mol. The third-order valence-electron chi connectivity index (χ3n) is 10.5. The summed E-state index contributed by atoms with van der Waals surface area (Å²) in [7, 11) is 0. The van der Waals surface area contributed by atoms with Crippen molar-refractivity contribution in [1.29, 1.82) is 0 Å². The maximum Gasteiger partial charge on any atom is 0.235 e. The molecule has 7 nitrogen and oxygen atoms in total. The molecule has 0 radical (unpaired) electrons. The normalized spacial score (nSPS) is 42.3. The molecule has 3 fully saturated rings. The molecule has 1 saturated carbocycles. The second kappa shape index (κ2) is 9.92. The summed E-state index contributed by atoms with van der Waals surface area (Å²) in [5, 5.41) is 15.1. The lowest BCUT2D eigenvalue weighted by atomic mass is 9.50. The highest BCUT2D eigenvalue weighted by Gasteiger charge is 2.79. The van der Waals surface area contributed by atoms with Gasteiger partial charge in [-0.15, -0.1) is 0 Å². The predicted octanol–water partition coefficient (Wildman–Crippen LogP) is 4.78. The van der Waals surface area contributed by atoms with Crippen LogP contribution in [0.4, 0.5) is 0 Å². The number of aliphatic hydroxyl groups is 1. The Bertz CT molecular complexity index is 1500. The van der Waals surface area contributed by atoms with Gasteiger partial charge >= 0.3 is 0 Å². The summed E-state index contributed by atoms with van der Waals surface area (Å²) < 4.78 is 6.45. The van der Waals surface area contributed by atoms with Crippen LogP contribution in [0.25, 0.3) is 10.9 Å². The van der Waals surface area contributed by atoms with Gasteiger partial charge in [0.25, 0.3) is 0 Å². The maximum absolute atomic E-state index is 14.5. The molecule has 10 atom stereocenters. The number of aliphatic hydroxyl groups excluding tert-OH is 1. The molecule has 3 N–H and O–H groups in total. The molecule has 3 heterocycles. The van der Waals surface area contributed by atoms with E-state index in [-0.39, 0.29) is 41.7 Å². The van der Waals surface area contributed by atoms with Crippen LogP contribution in [0.1, 0.15) is 58.9 Å². The van der Waals surface area contributed by atoms with Crippen LogP contribution < -0.4 is 5.32 Å². The van der Waals surface area contributed by atoms with Crippen LogP contribution in [0.5, 0.6) is 0 Å². The van der Waals surface area contributed by atoms with Gasteiger partial charge in [-0.05, 0) is 61.5 Å². The number of carbonyl (C=O) groups is 3. The van der Waals surface area contributed by atoms with Gasteiger partial charge in [-0.3, -0.25) is 14.4 Å². The molecular formula is C34H40N2O5. The van der Waals surface area contributed by atoms with E-state index in [0.29, 0.717) is 12.0 Å². The first-order valence-electron chi connectivity index (χ1n) is 14.9. The van der Waals surface area contributed by atoms with E-state index < -0.39 is 34.6 Å². The lowest BCUT2D eigenvalue weighted by molar-refractivity contribution is -0.145. The molecule has 6 rings (SSSR count). The Morgan fingerprint density at radius 1 is 1.17 bits per heavy atom. The second-order valence-electron chi connectivity index (χ2n) is 12.8. The number of benzene rings is 1. The number of para-hydroxylation sites is 1. The average molecular weight is 557 g/mol. The third-order valence-corrected chi connectivity index (χ3v) is 10.5. The van der Waals surface area contributed by atoms with Gasteiger partial charge in [0.2, 0.25) is 5.91 Å². The lowest BCUT2D eigenvalue weighted by Crippen LogP contribution is -2.58. The van der Waals surface area contributed by atoms with Crippen molar-refractivity contribution in [3.05, 3.63) is 72.0 Å². The first kappa shape index (κ1) is 27.9. The van der Waals surface area contributed by atoms with Crippen molar-refractivity contribution in [3.8, 4) is 0 Å². The lowest BCUT2D eigenvalue weighted by Gasteiger charge is -2.47. The van der Waals surface area contributed by atoms with Crippen LogP contribution in [0.15, 0.2) is 66.4 Å². The Morgan fingerprint density at radius 2 is 1.93 bits per heavy atom. The van der Waals surface area contributed by atoms with Crippen LogP contribution in [0.2, 0.25) is 0 Å². The quantitative estimate of drug-likeness (QED) is 0.286. The zero-order chi connectivity index (χ0) is 29.3. The van der Waals surface area contributed by atoms with Gasteiger partial charge in [0.05, 0.1) is 11.7 Å². The molecule has 1 aromatic carbocycles. The molecular weight excluding hydrogens is 516 g/mol. The fraction of sp³-hybridized carbons (Fsp3) is 0.500. The molecule has 1 aromatic heterocycles. The third kappa shape index (κ3) is 4.03. The molecule has 7 heteroatoms. The Morgan fingerprint density at radius 3 is 2.68 bits per heavy atom. The van der Waals surface area contributed by atoms with E-state index in [1.807, 2.05) is 49.5 Å². The van der Waals surface area contributed by atoms with E-state index in [4.69, 9.17) is 4.74 Å². The number of aromatic amines is 1. The maximum atomic E-state index is 14.5. The summed E-state index contributed by atoms with van der Waals surface area (Å²) in [6.45, 7) is 10.1. The Kier molecular flexibility index (Phi) is 6.74. The van der Waals surface area contributed by atoms with E-state index in [1.165, 1.54) is 6.08 Å². The average Bonchev–Trinajstić information content (AvgIpc) is 3.31. The number of amides is 1. The first-order valence-corrected chi connectivity index (χ1v) is 14.9. The van der Waals surface area contributed by atoms with E-state index in [1.54, 1.807) is 6.92 Å². The first-order chi connectivity index (χ1) is 19.5. The number of nitrogens with one attached hydrogen (secondary N) is 2. The number of rotatable bonds is 3. The summed E-state index contributed by atoms with van der Waals surface area (Å²) in [6, 6.07) is 7.79. The minimum Gasteiger partial charge on any atom is -0.381 e. The van der Waals surface area contributed by atoms with Gasteiger partial charge in [0.15, 0.2) is 11.6 Å². The molecule has 4 aliphatic rings. The number of aromatic nitrogens is 1. The molecule has 0 bridgehead atoms. The molecule has 41 heavy (non-hydrogen) atoms. The molecule has 1 spiro atoms. The Hall–Kier alpha value is -3.29. The van der Waals surface area contributed by atoms with E-state index in [2.05, 4.69) is 37.1 Å². The fourth-order valence-electron chi connectivity index (χ4n) is 8.41. The van der Waals surface area contributed by atoms with Crippen LogP contribution in [-0.2, 0) is 19.1 Å². The van der Waals surface area contributed by atoms with E-state index in [0.717, 1.165) is 29.0 Å². The number of ether oxygens (including phenoxy) is 1. The summed E-state index contributed by atoms with van der Waals surface area (Å²) in [6.07, 6.45) is 10.2. The zero-order valence-corrected chi connectivity index (χ0v) is 24.4. The van der Waals surface area contributed by atoms with Gasteiger partial charge in [-0.2, -0.15) is 0 Å². The molecule has 1 amide bonds. The van der Waals surface area contributed by atoms with Crippen molar-refractivity contribution in [3.63, 3.8) is 0 Å². The Labute approximate surface area is 241 Å². The number of H-pyrrole nitrogens is 1. The second-order valence-corrected chi connectivity index (χ2v) is 12.8. The number of fused-ring (bicyclic) bond motifs is 3. The van der Waals surface area contributed by atoms with Crippen molar-refractivity contribution >= 4 is 28.4 Å². The SMILES string of the molecule is CC[C@H]1C2[C@H]([C@@H](C)c3c[nH]c4ccccc34)NC(=O)[C@@]23C(=O)/C=C\C(=O)[C@H](O)/C(C)=C\[C@@H](C)C/C=C/[C@H]3[C@@H]2O[C@]12C. The molecule has 2 aliphatic heterocycles. The highest BCUT2D eigenvalue weighted by Crippen LogP contribution is 2.67. The minimum atomic E-state index is -1.43. The highest BCUT2D eigenvalue weighted by atomic mass is 16.6. The molecule has 2 aromatic rings. The van der Waals surface area contributed by atoms with Crippen LogP contribution in [0, 0.1) is 29.1 Å². The number of carbonyl (C=O) groups excluding carboxylic acids is 3. The smallest absolute Gasteiger partial charge is 0.235 e. The van der Waals surface area contributed by atoms with Gasteiger partial charge in [-0.25, -0.2) is 0 Å². The van der Waals surface area contributed by atoms with Gasteiger partial charge in [0, 0.05) is 40.9 Å². The van der Waals surface area contributed by atoms with E-state index >= 15 is 0 Å². The topological polar surface area (TPSA) is 112 Å². The zero-order valence-electron chi connectivity index (χ0n) is 24.4. The largest absolute Gasteiger partial charge is 0.381 e. The number of hydrogen-bond acceptors (Lipinski definition) is 5. The fourth-order valence-corrected chi connectivity index (χ4v) is 8.41. The summed E-state index contributed by atoms with van der Waals surface area (Å²) in [5.41, 5.74) is 0.795.